The Bertz CT molecular complexity index is 426. The van der Waals surface area contributed by atoms with Crippen LogP contribution in [0.15, 0.2) is 0 Å². The quantitative estimate of drug-likeness (QED) is 0.588. The van der Waals surface area contributed by atoms with Gasteiger partial charge < -0.3 is 9.64 Å². The van der Waals surface area contributed by atoms with Crippen molar-refractivity contribution in [2.45, 2.75) is 6.42 Å². The second kappa shape index (κ2) is 6.85. The average Bonchev–Trinajstić information content (AvgIpc) is 2.34. The summed E-state index contributed by atoms with van der Waals surface area (Å²) in [4.78, 5) is 26.3. The van der Waals surface area contributed by atoms with Gasteiger partial charge in [-0.2, -0.15) is 0 Å². The predicted molar refractivity (Wildman–Crippen MR) is 69.4 cm³/mol. The van der Waals surface area contributed by atoms with Crippen LogP contribution in [0.4, 0.5) is 0 Å². The zero-order valence-electron chi connectivity index (χ0n) is 11.3. The molecule has 1 amide bonds. The number of piperazine rings is 1. The molecule has 0 radical (unpaired) electrons. The van der Waals surface area contributed by atoms with E-state index in [4.69, 9.17) is 0 Å². The zero-order valence-corrected chi connectivity index (χ0v) is 12.1. The van der Waals surface area contributed by atoms with Crippen LogP contribution in [0.2, 0.25) is 0 Å². The third kappa shape index (κ3) is 6.02. The van der Waals surface area contributed by atoms with Crippen LogP contribution in [0.3, 0.4) is 0 Å². The lowest BCUT2D eigenvalue weighted by Crippen LogP contribution is -2.50. The van der Waals surface area contributed by atoms with E-state index >= 15 is 0 Å². The van der Waals surface area contributed by atoms with E-state index in [-0.39, 0.29) is 11.9 Å². The van der Waals surface area contributed by atoms with Gasteiger partial charge in [-0.1, -0.05) is 0 Å². The molecule has 1 aliphatic rings. The first-order valence-corrected chi connectivity index (χ1v) is 8.12. The molecule has 1 heterocycles. The molecule has 1 aliphatic heterocycles. The van der Waals surface area contributed by atoms with Gasteiger partial charge >= 0.3 is 5.97 Å². The monoisotopic (exact) mass is 292 g/mol. The summed E-state index contributed by atoms with van der Waals surface area (Å²) in [6.45, 7) is 2.88. The number of sulfone groups is 1. The number of nitrogens with zero attached hydrogens (tertiary/aromatic N) is 2. The van der Waals surface area contributed by atoms with Gasteiger partial charge in [-0.05, 0) is 0 Å². The molecule has 0 N–H and O–H groups in total. The third-order valence-corrected chi connectivity index (χ3v) is 3.74. The lowest BCUT2D eigenvalue weighted by atomic mass is 10.3. The number of amides is 1. The van der Waals surface area contributed by atoms with E-state index in [1.807, 2.05) is 0 Å². The van der Waals surface area contributed by atoms with E-state index in [2.05, 4.69) is 9.64 Å². The minimum atomic E-state index is -3.28. The van der Waals surface area contributed by atoms with Crippen LogP contribution >= 0.6 is 0 Å². The first kappa shape index (κ1) is 15.9. The lowest BCUT2D eigenvalue weighted by Gasteiger charge is -2.34. The number of rotatable bonds is 5. The molecule has 0 aromatic rings. The van der Waals surface area contributed by atoms with E-state index in [0.717, 1.165) is 6.26 Å². The van der Waals surface area contributed by atoms with Crippen molar-refractivity contribution in [3.63, 3.8) is 0 Å². The number of ether oxygens (including phenoxy) is 1. The fourth-order valence-electron chi connectivity index (χ4n) is 1.89. The van der Waals surface area contributed by atoms with Crippen LogP contribution in [0.5, 0.6) is 0 Å². The van der Waals surface area contributed by atoms with Crippen molar-refractivity contribution >= 4 is 21.7 Å². The largest absolute Gasteiger partial charge is 0.469 e. The van der Waals surface area contributed by atoms with E-state index in [1.165, 1.54) is 7.11 Å². The van der Waals surface area contributed by atoms with Crippen molar-refractivity contribution in [2.75, 3.05) is 51.8 Å². The smallest absolute Gasteiger partial charge is 0.306 e. The summed E-state index contributed by atoms with van der Waals surface area (Å²) in [6, 6.07) is 0. The van der Waals surface area contributed by atoms with Gasteiger partial charge in [0, 0.05) is 39.0 Å². The van der Waals surface area contributed by atoms with Gasteiger partial charge in [0.25, 0.3) is 0 Å². The predicted octanol–water partition coefficient (Wildman–Crippen LogP) is -1.26. The Morgan fingerprint density at radius 2 is 1.74 bits per heavy atom. The standard InChI is InChI=1S/C11H20N2O5S/c1-18-11(15)3-4-12-5-7-13(8-6-12)10(14)9-19(2,16)17/h3-9H2,1-2H3. The van der Waals surface area contributed by atoms with Gasteiger partial charge in [0.2, 0.25) is 5.91 Å². The molecule has 0 bridgehead atoms. The molecule has 1 rings (SSSR count). The Kier molecular flexibility index (Phi) is 5.74. The fourth-order valence-corrected chi connectivity index (χ4v) is 2.52. The normalized spacial score (nSPS) is 17.3. The minimum Gasteiger partial charge on any atom is -0.469 e. The fraction of sp³-hybridized carbons (Fsp3) is 0.818. The van der Waals surface area contributed by atoms with Crippen LogP contribution in [-0.4, -0.2) is 81.9 Å². The maximum atomic E-state index is 11.7. The Morgan fingerprint density at radius 1 is 1.16 bits per heavy atom. The molecular formula is C11H20N2O5S. The maximum absolute atomic E-state index is 11.7. The van der Waals surface area contributed by atoms with Crippen molar-refractivity contribution in [3.8, 4) is 0 Å². The summed E-state index contributed by atoms with van der Waals surface area (Å²) in [5, 5.41) is 0. The molecule has 8 heteroatoms. The van der Waals surface area contributed by atoms with Crippen LogP contribution in [-0.2, 0) is 24.2 Å². The van der Waals surface area contributed by atoms with Crippen molar-refractivity contribution in [3.05, 3.63) is 0 Å². The van der Waals surface area contributed by atoms with Gasteiger partial charge in [-0.3, -0.25) is 14.5 Å². The lowest BCUT2D eigenvalue weighted by molar-refractivity contribution is -0.141. The molecule has 1 saturated heterocycles. The second-order valence-electron chi connectivity index (χ2n) is 4.62. The summed E-state index contributed by atoms with van der Waals surface area (Å²) >= 11 is 0. The summed E-state index contributed by atoms with van der Waals surface area (Å²) in [6.07, 6.45) is 1.38. The van der Waals surface area contributed by atoms with Gasteiger partial charge in [0.05, 0.1) is 13.5 Å². The van der Waals surface area contributed by atoms with E-state index in [0.29, 0.717) is 39.1 Å². The van der Waals surface area contributed by atoms with Crippen molar-refractivity contribution in [2.24, 2.45) is 0 Å². The van der Waals surface area contributed by atoms with Crippen molar-refractivity contribution in [1.29, 1.82) is 0 Å². The maximum Gasteiger partial charge on any atom is 0.306 e. The molecule has 0 aromatic carbocycles. The molecule has 0 unspecified atom stereocenters. The molecule has 0 aliphatic carbocycles. The second-order valence-corrected chi connectivity index (χ2v) is 6.76. The van der Waals surface area contributed by atoms with Crippen LogP contribution in [0.25, 0.3) is 0 Å². The highest BCUT2D eigenvalue weighted by Gasteiger charge is 2.23. The molecule has 7 nitrogen and oxygen atoms in total. The van der Waals surface area contributed by atoms with E-state index < -0.39 is 15.6 Å². The number of esters is 1. The van der Waals surface area contributed by atoms with Crippen LogP contribution < -0.4 is 0 Å². The number of carbonyl (C=O) groups is 2. The number of carbonyl (C=O) groups excluding carboxylic acids is 2. The first-order valence-electron chi connectivity index (χ1n) is 6.06. The van der Waals surface area contributed by atoms with Gasteiger partial charge in [0.1, 0.15) is 5.75 Å². The molecule has 0 spiro atoms. The highest BCUT2D eigenvalue weighted by atomic mass is 32.2. The Hall–Kier alpha value is -1.15. The summed E-state index contributed by atoms with van der Waals surface area (Å²) in [7, 11) is -1.93. The highest BCUT2D eigenvalue weighted by molar-refractivity contribution is 7.91. The summed E-state index contributed by atoms with van der Waals surface area (Å²) < 4.78 is 26.7. The number of methoxy groups -OCH3 is 1. The molecular weight excluding hydrogens is 272 g/mol. The SMILES string of the molecule is COC(=O)CCN1CCN(C(=O)CS(C)(=O)=O)CC1. The Labute approximate surface area is 113 Å². The van der Waals surface area contributed by atoms with E-state index in [9.17, 15) is 18.0 Å². The Morgan fingerprint density at radius 3 is 2.21 bits per heavy atom. The third-order valence-electron chi connectivity index (χ3n) is 2.97. The molecule has 0 saturated carbocycles. The summed E-state index contributed by atoms with van der Waals surface area (Å²) in [5.41, 5.74) is 0. The molecule has 1 fully saturated rings. The van der Waals surface area contributed by atoms with Gasteiger partial charge in [-0.15, -0.1) is 0 Å². The van der Waals surface area contributed by atoms with Gasteiger partial charge in [-0.25, -0.2) is 8.42 Å². The van der Waals surface area contributed by atoms with Crippen molar-refractivity contribution < 1.29 is 22.7 Å². The number of hydrogen-bond donors (Lipinski definition) is 0. The van der Waals surface area contributed by atoms with Crippen molar-refractivity contribution in [1.82, 2.24) is 9.80 Å². The average molecular weight is 292 g/mol. The summed E-state index contributed by atoms with van der Waals surface area (Å²) in [5.74, 6) is -1.04. The number of hydrogen-bond acceptors (Lipinski definition) is 6. The molecule has 0 atom stereocenters. The Balaban J connectivity index is 2.32. The molecule has 0 aromatic heterocycles. The minimum absolute atomic E-state index is 0.254. The first-order chi connectivity index (χ1) is 8.81. The molecule has 19 heavy (non-hydrogen) atoms. The topological polar surface area (TPSA) is 84.0 Å². The van der Waals surface area contributed by atoms with Crippen LogP contribution in [0, 0.1) is 0 Å². The highest BCUT2D eigenvalue weighted by Crippen LogP contribution is 2.04. The zero-order chi connectivity index (χ0) is 14.5. The molecule has 110 valence electrons. The van der Waals surface area contributed by atoms with E-state index in [1.54, 1.807) is 4.90 Å². The van der Waals surface area contributed by atoms with Gasteiger partial charge in [0.15, 0.2) is 9.84 Å². The van der Waals surface area contributed by atoms with Crippen LogP contribution in [0.1, 0.15) is 6.42 Å².